The highest BCUT2D eigenvalue weighted by Gasteiger charge is 2.24. The Morgan fingerprint density at radius 2 is 1.83 bits per heavy atom. The van der Waals surface area contributed by atoms with Gasteiger partial charge in [-0.1, -0.05) is 58.4 Å². The summed E-state index contributed by atoms with van der Waals surface area (Å²) < 4.78 is 13.6. The van der Waals surface area contributed by atoms with Crippen LogP contribution in [0.3, 0.4) is 0 Å². The van der Waals surface area contributed by atoms with Crippen molar-refractivity contribution in [2.45, 2.75) is 13.0 Å². The molecule has 6 heteroatoms. The van der Waals surface area contributed by atoms with Crippen molar-refractivity contribution in [3.8, 4) is 5.75 Å². The van der Waals surface area contributed by atoms with E-state index >= 15 is 0 Å². The number of hydrogen-bond acceptors (Lipinski definition) is 4. The number of ether oxygens (including phenoxy) is 2. The van der Waals surface area contributed by atoms with Crippen molar-refractivity contribution in [1.82, 2.24) is 4.57 Å². The maximum absolute atomic E-state index is 12.4. The molecule has 0 N–H and O–H groups in total. The standard InChI is InChI=1S/C24H20BrNO4/c1-29-24(28)23-18(15-27)22-19(25)10-5-11-20(22)26(23)13-6-14-30-21-12-4-8-16-7-2-3-9-17(16)21/h2-5,7-12,15H,6,13-14H2,1H3. The Kier molecular flexibility index (Phi) is 5.86. The van der Waals surface area contributed by atoms with E-state index in [1.54, 1.807) is 0 Å². The van der Waals surface area contributed by atoms with Gasteiger partial charge in [-0.15, -0.1) is 0 Å². The van der Waals surface area contributed by atoms with Crippen molar-refractivity contribution in [2.24, 2.45) is 0 Å². The highest BCUT2D eigenvalue weighted by atomic mass is 79.9. The molecule has 0 aliphatic carbocycles. The molecule has 0 amide bonds. The summed E-state index contributed by atoms with van der Waals surface area (Å²) in [6.45, 7) is 0.981. The van der Waals surface area contributed by atoms with Crippen LogP contribution in [-0.2, 0) is 11.3 Å². The second-order valence-electron chi connectivity index (χ2n) is 6.84. The first-order chi connectivity index (χ1) is 14.7. The molecule has 0 spiro atoms. The number of aryl methyl sites for hydroxylation is 1. The molecule has 30 heavy (non-hydrogen) atoms. The molecule has 5 nitrogen and oxygen atoms in total. The fourth-order valence-electron chi connectivity index (χ4n) is 3.78. The first kappa shape index (κ1) is 20.2. The lowest BCUT2D eigenvalue weighted by atomic mass is 10.1. The molecule has 152 valence electrons. The highest BCUT2D eigenvalue weighted by Crippen LogP contribution is 2.32. The van der Waals surface area contributed by atoms with Gasteiger partial charge in [0.2, 0.25) is 0 Å². The summed E-state index contributed by atoms with van der Waals surface area (Å²) in [4.78, 5) is 24.2. The van der Waals surface area contributed by atoms with E-state index in [0.29, 0.717) is 36.8 Å². The van der Waals surface area contributed by atoms with Gasteiger partial charge in [0.1, 0.15) is 11.4 Å². The summed E-state index contributed by atoms with van der Waals surface area (Å²) in [5.74, 6) is 0.296. The van der Waals surface area contributed by atoms with Gasteiger partial charge in [-0.2, -0.15) is 0 Å². The Balaban J connectivity index is 1.60. The van der Waals surface area contributed by atoms with Gasteiger partial charge in [0.25, 0.3) is 0 Å². The number of esters is 1. The first-order valence-corrected chi connectivity index (χ1v) is 10.4. The molecule has 4 rings (SSSR count). The Bertz CT molecular complexity index is 1240. The average Bonchev–Trinajstić information content (AvgIpc) is 3.11. The third-order valence-corrected chi connectivity index (χ3v) is 5.77. The zero-order chi connectivity index (χ0) is 21.1. The highest BCUT2D eigenvalue weighted by molar-refractivity contribution is 9.10. The van der Waals surface area contributed by atoms with Crippen LogP contribution in [0.5, 0.6) is 5.75 Å². The molecule has 4 aromatic rings. The summed E-state index contributed by atoms with van der Waals surface area (Å²) in [5, 5.41) is 2.90. The number of hydrogen-bond donors (Lipinski definition) is 0. The van der Waals surface area contributed by atoms with Crippen LogP contribution in [0.15, 0.2) is 65.1 Å². The molecular weight excluding hydrogens is 446 g/mol. The topological polar surface area (TPSA) is 57.5 Å². The van der Waals surface area contributed by atoms with Gasteiger partial charge in [0.15, 0.2) is 6.29 Å². The maximum Gasteiger partial charge on any atom is 0.355 e. The molecule has 0 bridgehead atoms. The van der Waals surface area contributed by atoms with Gasteiger partial charge in [0.05, 0.1) is 24.8 Å². The zero-order valence-electron chi connectivity index (χ0n) is 16.4. The number of benzene rings is 3. The van der Waals surface area contributed by atoms with Crippen LogP contribution in [0, 0.1) is 0 Å². The number of carbonyl (C=O) groups is 2. The van der Waals surface area contributed by atoms with Crippen LogP contribution in [0.4, 0.5) is 0 Å². The van der Waals surface area contributed by atoms with Crippen LogP contribution in [0.25, 0.3) is 21.7 Å². The van der Waals surface area contributed by atoms with E-state index in [9.17, 15) is 9.59 Å². The van der Waals surface area contributed by atoms with Crippen LogP contribution in [0.2, 0.25) is 0 Å². The van der Waals surface area contributed by atoms with E-state index in [0.717, 1.165) is 26.5 Å². The van der Waals surface area contributed by atoms with E-state index in [2.05, 4.69) is 28.1 Å². The van der Waals surface area contributed by atoms with Crippen molar-refractivity contribution < 1.29 is 19.1 Å². The van der Waals surface area contributed by atoms with Crippen LogP contribution in [-0.4, -0.2) is 30.5 Å². The minimum Gasteiger partial charge on any atom is -0.493 e. The van der Waals surface area contributed by atoms with Crippen molar-refractivity contribution in [1.29, 1.82) is 0 Å². The maximum atomic E-state index is 12.4. The zero-order valence-corrected chi connectivity index (χ0v) is 18.0. The normalized spacial score (nSPS) is 11.0. The molecule has 3 aromatic carbocycles. The SMILES string of the molecule is COC(=O)c1c(C=O)c2c(Br)cccc2n1CCCOc1cccc2ccccc12. The number of rotatable bonds is 7. The second-order valence-corrected chi connectivity index (χ2v) is 7.69. The van der Waals surface area contributed by atoms with Crippen molar-refractivity contribution >= 4 is 49.9 Å². The number of aldehydes is 1. The smallest absolute Gasteiger partial charge is 0.355 e. The molecule has 0 fully saturated rings. The van der Waals surface area contributed by atoms with Gasteiger partial charge in [-0.05, 0) is 30.0 Å². The molecule has 0 aliphatic rings. The minimum absolute atomic E-state index is 0.263. The third kappa shape index (κ3) is 3.59. The molecule has 1 aromatic heterocycles. The number of fused-ring (bicyclic) bond motifs is 2. The molecule has 0 aliphatic heterocycles. The number of methoxy groups -OCH3 is 1. The molecular formula is C24H20BrNO4. The Morgan fingerprint density at radius 3 is 2.63 bits per heavy atom. The summed E-state index contributed by atoms with van der Waals surface area (Å²) >= 11 is 3.49. The van der Waals surface area contributed by atoms with E-state index in [1.165, 1.54) is 7.11 Å². The van der Waals surface area contributed by atoms with Crippen molar-refractivity contribution in [2.75, 3.05) is 13.7 Å². The second kappa shape index (κ2) is 8.71. The van der Waals surface area contributed by atoms with Gasteiger partial charge in [-0.25, -0.2) is 4.79 Å². The van der Waals surface area contributed by atoms with Gasteiger partial charge >= 0.3 is 5.97 Å². The average molecular weight is 466 g/mol. The van der Waals surface area contributed by atoms with Crippen molar-refractivity contribution in [3.05, 3.63) is 76.4 Å². The predicted molar refractivity (Wildman–Crippen MR) is 120 cm³/mol. The number of halogens is 1. The molecule has 0 saturated heterocycles. The summed E-state index contributed by atoms with van der Waals surface area (Å²) in [6.07, 6.45) is 1.37. The molecule has 0 atom stereocenters. The summed E-state index contributed by atoms with van der Waals surface area (Å²) in [6, 6.07) is 19.7. The van der Waals surface area contributed by atoms with E-state index in [1.807, 2.05) is 53.1 Å². The summed E-state index contributed by atoms with van der Waals surface area (Å²) in [5.41, 5.74) is 1.40. The fourth-order valence-corrected chi connectivity index (χ4v) is 4.35. The molecule has 1 heterocycles. The number of nitrogens with zero attached hydrogens (tertiary/aromatic N) is 1. The van der Waals surface area contributed by atoms with Crippen LogP contribution in [0.1, 0.15) is 27.3 Å². The summed E-state index contributed by atoms with van der Waals surface area (Å²) in [7, 11) is 1.32. The first-order valence-electron chi connectivity index (χ1n) is 9.60. The molecule has 0 saturated carbocycles. The van der Waals surface area contributed by atoms with Gasteiger partial charge in [-0.3, -0.25) is 4.79 Å². The van der Waals surface area contributed by atoms with Gasteiger partial charge < -0.3 is 14.0 Å². The predicted octanol–water partition coefficient (Wildman–Crippen LogP) is 5.63. The molecule has 0 radical (unpaired) electrons. The monoisotopic (exact) mass is 465 g/mol. The number of carbonyl (C=O) groups excluding carboxylic acids is 2. The quantitative estimate of drug-likeness (QED) is 0.201. The van der Waals surface area contributed by atoms with E-state index in [4.69, 9.17) is 9.47 Å². The Hall–Kier alpha value is -3.12. The van der Waals surface area contributed by atoms with E-state index in [-0.39, 0.29) is 5.69 Å². The van der Waals surface area contributed by atoms with Gasteiger partial charge in [0, 0.05) is 21.8 Å². The lowest BCUT2D eigenvalue weighted by Gasteiger charge is -2.12. The lowest BCUT2D eigenvalue weighted by Crippen LogP contribution is -2.14. The largest absolute Gasteiger partial charge is 0.493 e. The van der Waals surface area contributed by atoms with Crippen molar-refractivity contribution in [3.63, 3.8) is 0 Å². The van der Waals surface area contributed by atoms with Crippen LogP contribution >= 0.6 is 15.9 Å². The lowest BCUT2D eigenvalue weighted by molar-refractivity contribution is 0.0586. The third-order valence-electron chi connectivity index (χ3n) is 5.11. The van der Waals surface area contributed by atoms with E-state index < -0.39 is 5.97 Å². The van der Waals surface area contributed by atoms with Crippen LogP contribution < -0.4 is 4.74 Å². The molecule has 0 unspecified atom stereocenters. The minimum atomic E-state index is -0.532. The fraction of sp³-hybridized carbons (Fsp3) is 0.167. The Labute approximate surface area is 182 Å². The number of aromatic nitrogens is 1. The Morgan fingerprint density at radius 1 is 1.07 bits per heavy atom.